The van der Waals surface area contributed by atoms with E-state index in [9.17, 15) is 27.9 Å². The Hall–Kier alpha value is -3.42. The topological polar surface area (TPSA) is 79.3 Å². The van der Waals surface area contributed by atoms with E-state index in [-0.39, 0.29) is 6.42 Å². The van der Waals surface area contributed by atoms with E-state index in [1.807, 2.05) is 12.1 Å². The maximum Gasteiger partial charge on any atom is 0.417 e. The number of aliphatic carboxylic acids is 1. The van der Waals surface area contributed by atoms with Crippen LogP contribution in [0, 0.1) is 0 Å². The minimum absolute atomic E-state index is 0.167. The van der Waals surface area contributed by atoms with Crippen LogP contribution in [0.4, 0.5) is 13.2 Å². The lowest BCUT2D eigenvalue weighted by atomic mass is 10.0. The first-order chi connectivity index (χ1) is 13.3. The number of amides is 1. The molecule has 0 fully saturated rings. The number of carboxylic acids is 1. The molecule has 0 aliphatic heterocycles. The number of carbonyl (C=O) groups is 2. The summed E-state index contributed by atoms with van der Waals surface area (Å²) >= 11 is 0. The number of pyridine rings is 1. The molecule has 0 saturated carbocycles. The fourth-order valence-corrected chi connectivity index (χ4v) is 2.80. The Kier molecular flexibility index (Phi) is 5.30. The van der Waals surface area contributed by atoms with Crippen molar-refractivity contribution < 1.29 is 27.9 Å². The zero-order valence-electron chi connectivity index (χ0n) is 14.4. The maximum atomic E-state index is 13.1. The number of hydrogen-bond donors (Lipinski definition) is 2. The number of carboxylic acid groups (broad SMARTS) is 1. The van der Waals surface area contributed by atoms with Crippen LogP contribution >= 0.6 is 0 Å². The number of benzene rings is 2. The first-order valence-corrected chi connectivity index (χ1v) is 8.30. The van der Waals surface area contributed by atoms with Gasteiger partial charge in [0.25, 0.3) is 5.91 Å². The molecule has 0 saturated heterocycles. The Balaban J connectivity index is 1.83. The highest BCUT2D eigenvalue weighted by atomic mass is 19.4. The summed E-state index contributed by atoms with van der Waals surface area (Å²) in [5.74, 6) is -2.48. The second-order valence-electron chi connectivity index (χ2n) is 6.11. The molecule has 0 aliphatic carbocycles. The van der Waals surface area contributed by atoms with Gasteiger partial charge in [-0.1, -0.05) is 36.4 Å². The number of fused-ring (bicyclic) bond motifs is 1. The van der Waals surface area contributed by atoms with Crippen molar-refractivity contribution in [3.63, 3.8) is 0 Å². The van der Waals surface area contributed by atoms with Crippen molar-refractivity contribution in [1.82, 2.24) is 10.3 Å². The van der Waals surface area contributed by atoms with Crippen LogP contribution in [0.15, 0.2) is 60.7 Å². The number of nitrogens with zero attached hydrogens (tertiary/aromatic N) is 1. The minimum Gasteiger partial charge on any atom is -0.480 e. The molecule has 0 aliphatic rings. The van der Waals surface area contributed by atoms with Crippen LogP contribution in [-0.4, -0.2) is 28.0 Å². The molecule has 1 atom stereocenters. The summed E-state index contributed by atoms with van der Waals surface area (Å²) in [5, 5.41) is 12.4. The van der Waals surface area contributed by atoms with Crippen LogP contribution in [0.5, 0.6) is 0 Å². The van der Waals surface area contributed by atoms with Gasteiger partial charge in [-0.15, -0.1) is 0 Å². The van der Waals surface area contributed by atoms with Crippen molar-refractivity contribution in [3.8, 4) is 0 Å². The molecular weight excluding hydrogens is 373 g/mol. The molecule has 8 heteroatoms. The second kappa shape index (κ2) is 7.67. The number of halogens is 3. The molecule has 5 nitrogen and oxygen atoms in total. The average molecular weight is 388 g/mol. The van der Waals surface area contributed by atoms with Crippen LogP contribution in [0.1, 0.15) is 21.6 Å². The molecule has 0 bridgehead atoms. The van der Waals surface area contributed by atoms with Crippen molar-refractivity contribution in [2.45, 2.75) is 18.6 Å². The van der Waals surface area contributed by atoms with E-state index in [0.717, 1.165) is 23.6 Å². The molecule has 1 aromatic heterocycles. The van der Waals surface area contributed by atoms with Crippen LogP contribution in [-0.2, 0) is 17.4 Å². The van der Waals surface area contributed by atoms with Gasteiger partial charge in [0, 0.05) is 17.5 Å². The second-order valence-corrected chi connectivity index (χ2v) is 6.11. The number of hydrogen-bond acceptors (Lipinski definition) is 3. The summed E-state index contributed by atoms with van der Waals surface area (Å²) in [6.45, 7) is 0. The highest BCUT2D eigenvalue weighted by Gasteiger charge is 2.35. The largest absolute Gasteiger partial charge is 0.480 e. The lowest BCUT2D eigenvalue weighted by molar-refractivity contribution is -0.139. The third-order valence-corrected chi connectivity index (χ3v) is 4.15. The lowest BCUT2D eigenvalue weighted by Gasteiger charge is -2.17. The van der Waals surface area contributed by atoms with Crippen molar-refractivity contribution in [3.05, 3.63) is 77.5 Å². The molecule has 1 heterocycles. The number of carbonyl (C=O) groups excluding carboxylic acids is 1. The summed E-state index contributed by atoms with van der Waals surface area (Å²) in [7, 11) is 0. The van der Waals surface area contributed by atoms with Crippen LogP contribution in [0.3, 0.4) is 0 Å². The number of rotatable bonds is 5. The van der Waals surface area contributed by atoms with Gasteiger partial charge in [-0.3, -0.25) is 9.78 Å². The Morgan fingerprint density at radius 1 is 1.00 bits per heavy atom. The van der Waals surface area contributed by atoms with Crippen molar-refractivity contribution in [2.24, 2.45) is 0 Å². The van der Waals surface area contributed by atoms with Gasteiger partial charge >= 0.3 is 12.1 Å². The summed E-state index contributed by atoms with van der Waals surface area (Å²) < 4.78 is 39.3. The predicted molar refractivity (Wildman–Crippen MR) is 95.8 cm³/mol. The third-order valence-electron chi connectivity index (χ3n) is 4.15. The Morgan fingerprint density at radius 2 is 1.68 bits per heavy atom. The van der Waals surface area contributed by atoms with E-state index in [0.29, 0.717) is 11.2 Å². The van der Waals surface area contributed by atoms with E-state index in [1.165, 1.54) is 6.07 Å². The monoisotopic (exact) mass is 388 g/mol. The Morgan fingerprint density at radius 3 is 2.39 bits per heavy atom. The fraction of sp³-hybridized carbons (Fsp3) is 0.150. The summed E-state index contributed by atoms with van der Waals surface area (Å²) in [6.07, 6.45) is -4.90. The van der Waals surface area contributed by atoms with Gasteiger partial charge in [0.05, 0.1) is 16.6 Å². The van der Waals surface area contributed by atoms with Gasteiger partial charge in [-0.25, -0.2) is 4.79 Å². The SMILES string of the molecule is O=C(N[C@H](Cc1ccc2ccccc2n1)C(=O)O)c1ccccc1C(F)(F)F. The third kappa shape index (κ3) is 4.28. The molecular formula is C20H15F3N2O3. The van der Waals surface area contributed by atoms with Gasteiger partial charge in [-0.2, -0.15) is 13.2 Å². The number of nitrogens with one attached hydrogen (secondary N) is 1. The van der Waals surface area contributed by atoms with Crippen molar-refractivity contribution in [1.29, 1.82) is 0 Å². The molecule has 0 radical (unpaired) electrons. The molecule has 28 heavy (non-hydrogen) atoms. The number of alkyl halides is 3. The van der Waals surface area contributed by atoms with Gasteiger partial charge in [0.15, 0.2) is 0 Å². The number of para-hydroxylation sites is 1. The van der Waals surface area contributed by atoms with E-state index >= 15 is 0 Å². The van der Waals surface area contributed by atoms with Crippen molar-refractivity contribution >= 4 is 22.8 Å². The molecule has 3 aromatic rings. The van der Waals surface area contributed by atoms with Crippen LogP contribution in [0.25, 0.3) is 10.9 Å². The summed E-state index contributed by atoms with van der Waals surface area (Å²) in [5.41, 5.74) is -0.707. The zero-order valence-corrected chi connectivity index (χ0v) is 14.4. The van der Waals surface area contributed by atoms with Gasteiger partial charge < -0.3 is 10.4 Å². The molecule has 0 unspecified atom stereocenters. The molecule has 0 spiro atoms. The van der Waals surface area contributed by atoms with Crippen LogP contribution in [0.2, 0.25) is 0 Å². The molecule has 1 amide bonds. The van der Waals surface area contributed by atoms with E-state index in [2.05, 4.69) is 10.3 Å². The molecule has 2 aromatic carbocycles. The van der Waals surface area contributed by atoms with E-state index in [1.54, 1.807) is 24.3 Å². The van der Waals surface area contributed by atoms with Crippen molar-refractivity contribution in [2.75, 3.05) is 0 Å². The normalized spacial score (nSPS) is 12.5. The highest BCUT2D eigenvalue weighted by molar-refractivity contribution is 5.98. The first kappa shape index (κ1) is 19.3. The summed E-state index contributed by atoms with van der Waals surface area (Å²) in [6, 6.07) is 13.4. The van der Waals surface area contributed by atoms with Gasteiger partial charge in [0.2, 0.25) is 0 Å². The summed E-state index contributed by atoms with van der Waals surface area (Å²) in [4.78, 5) is 28.2. The zero-order chi connectivity index (χ0) is 20.3. The predicted octanol–water partition coefficient (Wildman–Crippen LogP) is 3.68. The fourth-order valence-electron chi connectivity index (χ4n) is 2.80. The molecule has 3 rings (SSSR count). The minimum atomic E-state index is -4.73. The molecule has 2 N–H and O–H groups in total. The smallest absolute Gasteiger partial charge is 0.417 e. The highest BCUT2D eigenvalue weighted by Crippen LogP contribution is 2.31. The van der Waals surface area contributed by atoms with Gasteiger partial charge in [0.1, 0.15) is 6.04 Å². The first-order valence-electron chi connectivity index (χ1n) is 8.30. The average Bonchev–Trinajstić information content (AvgIpc) is 2.66. The quantitative estimate of drug-likeness (QED) is 0.699. The Labute approximate surface area is 157 Å². The maximum absolute atomic E-state index is 13.1. The van der Waals surface area contributed by atoms with E-state index < -0.39 is 35.2 Å². The van der Waals surface area contributed by atoms with Crippen LogP contribution < -0.4 is 5.32 Å². The molecule has 144 valence electrons. The standard InChI is InChI=1S/C20H15F3N2O3/c21-20(22,23)15-7-3-2-6-14(15)18(26)25-17(19(27)28)11-13-10-9-12-5-1-4-8-16(12)24-13/h1-10,17H,11H2,(H,25,26)(H,27,28)/t17-/m1/s1. The van der Waals surface area contributed by atoms with E-state index in [4.69, 9.17) is 0 Å². The lowest BCUT2D eigenvalue weighted by Crippen LogP contribution is -2.43. The number of aromatic nitrogens is 1. The Bertz CT molecular complexity index is 1030. The van der Waals surface area contributed by atoms with Gasteiger partial charge in [-0.05, 0) is 24.3 Å².